The van der Waals surface area contributed by atoms with Crippen molar-refractivity contribution in [1.82, 2.24) is 0 Å². The van der Waals surface area contributed by atoms with Crippen molar-refractivity contribution in [2.75, 3.05) is 7.11 Å². The van der Waals surface area contributed by atoms with Gasteiger partial charge in [-0.15, -0.1) is 0 Å². The molecule has 1 aromatic carbocycles. The summed E-state index contributed by atoms with van der Waals surface area (Å²) in [6.45, 7) is 4.19. The molecule has 3 heteroatoms. The predicted octanol–water partition coefficient (Wildman–Crippen LogP) is 2.19. The van der Waals surface area contributed by atoms with E-state index in [9.17, 15) is 9.90 Å². The Morgan fingerprint density at radius 3 is 2.81 bits per heavy atom. The van der Waals surface area contributed by atoms with Gasteiger partial charge >= 0.3 is 5.97 Å². The van der Waals surface area contributed by atoms with Crippen LogP contribution in [0.3, 0.4) is 0 Å². The lowest BCUT2D eigenvalue weighted by Crippen LogP contribution is -2.12. The fourth-order valence-electron chi connectivity index (χ4n) is 2.40. The summed E-state index contributed by atoms with van der Waals surface area (Å²) in [6, 6.07) is 5.41. The molecule has 1 aromatic rings. The second-order valence-electron chi connectivity index (χ2n) is 4.90. The first-order valence-corrected chi connectivity index (χ1v) is 5.36. The Morgan fingerprint density at radius 1 is 1.50 bits per heavy atom. The minimum Gasteiger partial charge on any atom is -0.465 e. The first kappa shape index (κ1) is 11.1. The van der Waals surface area contributed by atoms with Crippen LogP contribution in [0.2, 0.25) is 0 Å². The van der Waals surface area contributed by atoms with Crippen LogP contribution in [0.1, 0.15) is 47.9 Å². The second-order valence-corrected chi connectivity index (χ2v) is 4.90. The molecule has 16 heavy (non-hydrogen) atoms. The van der Waals surface area contributed by atoms with Crippen molar-refractivity contribution in [1.29, 1.82) is 0 Å². The summed E-state index contributed by atoms with van der Waals surface area (Å²) in [4.78, 5) is 11.4. The molecular weight excluding hydrogens is 204 g/mol. The smallest absolute Gasteiger partial charge is 0.337 e. The molecule has 0 saturated carbocycles. The number of ether oxygens (including phenoxy) is 1. The fourth-order valence-corrected chi connectivity index (χ4v) is 2.40. The van der Waals surface area contributed by atoms with Crippen molar-refractivity contribution in [2.45, 2.75) is 31.8 Å². The summed E-state index contributed by atoms with van der Waals surface area (Å²) in [5.41, 5.74) is 2.45. The van der Waals surface area contributed by atoms with E-state index in [1.54, 1.807) is 12.1 Å². The van der Waals surface area contributed by atoms with Crippen molar-refractivity contribution in [3.05, 3.63) is 34.9 Å². The molecular formula is C13H16O3. The topological polar surface area (TPSA) is 46.5 Å². The van der Waals surface area contributed by atoms with E-state index in [0.717, 1.165) is 11.1 Å². The molecule has 0 aliphatic heterocycles. The van der Waals surface area contributed by atoms with E-state index < -0.39 is 6.10 Å². The van der Waals surface area contributed by atoms with Gasteiger partial charge in [-0.3, -0.25) is 0 Å². The molecule has 0 saturated heterocycles. The number of benzene rings is 1. The highest BCUT2D eigenvalue weighted by Gasteiger charge is 2.36. The van der Waals surface area contributed by atoms with Crippen LogP contribution < -0.4 is 0 Å². The van der Waals surface area contributed by atoms with Crippen molar-refractivity contribution in [3.8, 4) is 0 Å². The highest BCUT2D eigenvalue weighted by molar-refractivity contribution is 5.89. The fraction of sp³-hybridized carbons (Fsp3) is 0.462. The molecule has 0 unspecified atom stereocenters. The van der Waals surface area contributed by atoms with E-state index >= 15 is 0 Å². The van der Waals surface area contributed by atoms with E-state index in [-0.39, 0.29) is 11.4 Å². The van der Waals surface area contributed by atoms with Crippen LogP contribution in [0.15, 0.2) is 18.2 Å². The summed E-state index contributed by atoms with van der Waals surface area (Å²) < 4.78 is 4.66. The molecule has 0 fully saturated rings. The number of hydrogen-bond acceptors (Lipinski definition) is 3. The number of hydrogen-bond donors (Lipinski definition) is 1. The predicted molar refractivity (Wildman–Crippen MR) is 60.4 cm³/mol. The zero-order valence-electron chi connectivity index (χ0n) is 9.78. The Balaban J connectivity index is 2.48. The molecule has 1 aliphatic rings. The maximum Gasteiger partial charge on any atom is 0.337 e. The third kappa shape index (κ3) is 1.61. The number of aliphatic hydroxyl groups excluding tert-OH is 1. The maximum absolute atomic E-state index is 11.4. The SMILES string of the molecule is COC(=O)c1ccc2c(c1)[C@H](O)CC2(C)C. The highest BCUT2D eigenvalue weighted by atomic mass is 16.5. The van der Waals surface area contributed by atoms with Crippen LogP contribution in [0.25, 0.3) is 0 Å². The Kier molecular flexibility index (Phi) is 2.50. The lowest BCUT2D eigenvalue weighted by Gasteiger charge is -2.18. The highest BCUT2D eigenvalue weighted by Crippen LogP contribution is 2.44. The van der Waals surface area contributed by atoms with Crippen LogP contribution in [0, 0.1) is 0 Å². The monoisotopic (exact) mass is 220 g/mol. The number of fused-ring (bicyclic) bond motifs is 1. The minimum atomic E-state index is -0.477. The van der Waals surface area contributed by atoms with Gasteiger partial charge in [0.05, 0.1) is 18.8 Å². The zero-order valence-corrected chi connectivity index (χ0v) is 9.78. The molecule has 2 rings (SSSR count). The average molecular weight is 220 g/mol. The van der Waals surface area contributed by atoms with Crippen molar-refractivity contribution in [2.24, 2.45) is 0 Å². The van der Waals surface area contributed by atoms with Gasteiger partial charge < -0.3 is 9.84 Å². The quantitative estimate of drug-likeness (QED) is 0.738. The summed E-state index contributed by atoms with van der Waals surface area (Å²) in [5, 5.41) is 9.94. The molecule has 1 atom stereocenters. The van der Waals surface area contributed by atoms with Crippen molar-refractivity contribution < 1.29 is 14.6 Å². The van der Waals surface area contributed by atoms with Crippen LogP contribution in [0.4, 0.5) is 0 Å². The number of rotatable bonds is 1. The first-order chi connectivity index (χ1) is 7.45. The summed E-state index contributed by atoms with van der Waals surface area (Å²) in [6.07, 6.45) is 0.224. The van der Waals surface area contributed by atoms with Gasteiger partial charge in [0.25, 0.3) is 0 Å². The minimum absolute atomic E-state index is 0.0244. The van der Waals surface area contributed by atoms with Crippen LogP contribution in [0.5, 0.6) is 0 Å². The Hall–Kier alpha value is -1.35. The van der Waals surface area contributed by atoms with E-state index in [2.05, 4.69) is 18.6 Å². The van der Waals surface area contributed by atoms with E-state index in [1.165, 1.54) is 7.11 Å². The summed E-state index contributed by atoms with van der Waals surface area (Å²) in [7, 11) is 1.36. The van der Waals surface area contributed by atoms with Gasteiger partial charge in [-0.1, -0.05) is 19.9 Å². The Morgan fingerprint density at radius 2 is 2.19 bits per heavy atom. The molecule has 0 spiro atoms. The largest absolute Gasteiger partial charge is 0.465 e. The first-order valence-electron chi connectivity index (χ1n) is 5.36. The van der Waals surface area contributed by atoms with Crippen LogP contribution >= 0.6 is 0 Å². The van der Waals surface area contributed by atoms with Gasteiger partial charge in [-0.2, -0.15) is 0 Å². The number of esters is 1. The van der Waals surface area contributed by atoms with E-state index in [1.807, 2.05) is 6.07 Å². The van der Waals surface area contributed by atoms with Crippen molar-refractivity contribution >= 4 is 5.97 Å². The normalized spacial score (nSPS) is 21.6. The summed E-state index contributed by atoms with van der Waals surface area (Å²) >= 11 is 0. The van der Waals surface area contributed by atoms with Crippen LogP contribution in [-0.4, -0.2) is 18.2 Å². The molecule has 0 aromatic heterocycles. The molecule has 0 radical (unpaired) electrons. The molecule has 0 amide bonds. The van der Waals surface area contributed by atoms with E-state index in [0.29, 0.717) is 12.0 Å². The molecule has 0 heterocycles. The standard InChI is InChI=1S/C13H16O3/c1-13(2)7-11(14)9-6-8(12(15)16-3)4-5-10(9)13/h4-6,11,14H,7H2,1-3H3/t11-/m1/s1. The van der Waals surface area contributed by atoms with E-state index in [4.69, 9.17) is 0 Å². The maximum atomic E-state index is 11.4. The Bertz CT molecular complexity index is 435. The number of aliphatic hydroxyl groups is 1. The van der Waals surface area contributed by atoms with Gasteiger partial charge in [0.2, 0.25) is 0 Å². The molecule has 1 N–H and O–H groups in total. The lowest BCUT2D eigenvalue weighted by molar-refractivity contribution is 0.0600. The van der Waals surface area contributed by atoms with Crippen LogP contribution in [-0.2, 0) is 10.2 Å². The zero-order chi connectivity index (χ0) is 11.9. The molecule has 0 bridgehead atoms. The number of carbonyl (C=O) groups is 1. The second kappa shape index (κ2) is 3.59. The third-order valence-electron chi connectivity index (χ3n) is 3.26. The van der Waals surface area contributed by atoms with Gasteiger partial charge in [0.15, 0.2) is 0 Å². The van der Waals surface area contributed by atoms with Crippen molar-refractivity contribution in [3.63, 3.8) is 0 Å². The van der Waals surface area contributed by atoms with Gasteiger partial charge in [0.1, 0.15) is 0 Å². The molecule has 3 nitrogen and oxygen atoms in total. The lowest BCUT2D eigenvalue weighted by atomic mass is 9.86. The molecule has 1 aliphatic carbocycles. The Labute approximate surface area is 95.0 Å². The molecule has 86 valence electrons. The third-order valence-corrected chi connectivity index (χ3v) is 3.26. The van der Waals surface area contributed by atoms with Gasteiger partial charge in [0, 0.05) is 0 Å². The summed E-state index contributed by atoms with van der Waals surface area (Å²) in [5.74, 6) is -0.361. The van der Waals surface area contributed by atoms with Gasteiger partial charge in [-0.25, -0.2) is 4.79 Å². The number of carbonyl (C=O) groups excluding carboxylic acids is 1. The average Bonchev–Trinajstić information content (AvgIpc) is 2.48. The van der Waals surface area contributed by atoms with Gasteiger partial charge in [-0.05, 0) is 35.1 Å². The number of methoxy groups -OCH3 is 1.